The monoisotopic (exact) mass is 422 g/mol. The Morgan fingerprint density at radius 2 is 2.00 bits per heavy atom. The van der Waals surface area contributed by atoms with E-state index in [2.05, 4.69) is 0 Å². The fourth-order valence-electron chi connectivity index (χ4n) is 4.25. The molecule has 0 amide bonds. The molecule has 5 nitrogen and oxygen atoms in total. The minimum absolute atomic E-state index is 0.0598. The molecule has 164 valence electrons. The number of hydrogen-bond acceptors (Lipinski definition) is 5. The predicted octanol–water partition coefficient (Wildman–Crippen LogP) is 5.52. The van der Waals surface area contributed by atoms with Crippen LogP contribution in [0, 0.1) is 0 Å². The minimum Gasteiger partial charge on any atom is -0.508 e. The molecule has 0 saturated heterocycles. The number of allylic oxidation sites excluding steroid dienone is 2. The van der Waals surface area contributed by atoms with Gasteiger partial charge in [0.05, 0.1) is 19.3 Å². The summed E-state index contributed by atoms with van der Waals surface area (Å²) in [6.45, 7) is 8.44. The summed E-state index contributed by atoms with van der Waals surface area (Å²) in [7, 11) is 1.66. The lowest BCUT2D eigenvalue weighted by molar-refractivity contribution is 0.156. The van der Waals surface area contributed by atoms with Gasteiger partial charge in [-0.2, -0.15) is 0 Å². The highest BCUT2D eigenvalue weighted by molar-refractivity contribution is 5.72. The number of aromatic hydroxyl groups is 2. The quantitative estimate of drug-likeness (QED) is 0.635. The first-order valence-electron chi connectivity index (χ1n) is 10.6. The van der Waals surface area contributed by atoms with Crippen molar-refractivity contribution in [3.8, 4) is 28.7 Å². The van der Waals surface area contributed by atoms with E-state index in [1.807, 2.05) is 52.0 Å². The third-order valence-corrected chi connectivity index (χ3v) is 5.91. The molecule has 0 aliphatic carbocycles. The van der Waals surface area contributed by atoms with Gasteiger partial charge >= 0.3 is 0 Å². The van der Waals surface area contributed by atoms with E-state index in [4.69, 9.17) is 14.2 Å². The number of hydrogen-bond donors (Lipinski definition) is 2. The Hall–Kier alpha value is -3.08. The molecule has 2 aliphatic rings. The highest BCUT2D eigenvalue weighted by Crippen LogP contribution is 2.48. The molecule has 2 heterocycles. The smallest absolute Gasteiger partial charge is 0.136 e. The van der Waals surface area contributed by atoms with Crippen LogP contribution >= 0.6 is 0 Å². The second kappa shape index (κ2) is 7.88. The molecule has 0 unspecified atom stereocenters. The highest BCUT2D eigenvalue weighted by atomic mass is 16.5. The van der Waals surface area contributed by atoms with Crippen molar-refractivity contribution in [3.63, 3.8) is 0 Å². The number of fused-ring (bicyclic) bond motifs is 2. The molecule has 2 aliphatic heterocycles. The van der Waals surface area contributed by atoms with Crippen LogP contribution in [0.1, 0.15) is 55.9 Å². The van der Waals surface area contributed by atoms with Crippen molar-refractivity contribution < 1.29 is 24.4 Å². The Labute approximate surface area is 183 Å². The number of methoxy groups -OCH3 is 1. The van der Waals surface area contributed by atoms with Gasteiger partial charge in [0.25, 0.3) is 0 Å². The molecule has 0 spiro atoms. The van der Waals surface area contributed by atoms with Crippen LogP contribution in [0.4, 0.5) is 0 Å². The first-order chi connectivity index (χ1) is 14.7. The van der Waals surface area contributed by atoms with Gasteiger partial charge in [0.2, 0.25) is 0 Å². The van der Waals surface area contributed by atoms with Crippen molar-refractivity contribution in [1.82, 2.24) is 0 Å². The Kier molecular flexibility index (Phi) is 5.38. The fourth-order valence-corrected chi connectivity index (χ4v) is 4.25. The average Bonchev–Trinajstić information content (AvgIpc) is 2.71. The zero-order chi connectivity index (χ0) is 22.3. The molecule has 0 aromatic heterocycles. The summed E-state index contributed by atoms with van der Waals surface area (Å²) >= 11 is 0. The van der Waals surface area contributed by atoms with Gasteiger partial charge in [0.1, 0.15) is 34.3 Å². The summed E-state index contributed by atoms with van der Waals surface area (Å²) in [4.78, 5) is 0. The van der Waals surface area contributed by atoms with Gasteiger partial charge in [0.15, 0.2) is 0 Å². The molecule has 2 aromatic rings. The number of benzene rings is 2. The van der Waals surface area contributed by atoms with Gasteiger partial charge < -0.3 is 24.4 Å². The van der Waals surface area contributed by atoms with Crippen molar-refractivity contribution in [2.45, 2.75) is 52.1 Å². The van der Waals surface area contributed by atoms with Gasteiger partial charge in [-0.25, -0.2) is 0 Å². The lowest BCUT2D eigenvalue weighted by Gasteiger charge is -2.33. The number of rotatable bonds is 4. The first kappa shape index (κ1) is 21.2. The molecule has 2 aromatic carbocycles. The second-order valence-corrected chi connectivity index (χ2v) is 9.04. The van der Waals surface area contributed by atoms with Crippen LogP contribution in [-0.4, -0.2) is 29.5 Å². The van der Waals surface area contributed by atoms with E-state index >= 15 is 0 Å². The van der Waals surface area contributed by atoms with Crippen LogP contribution in [0.15, 0.2) is 35.9 Å². The van der Waals surface area contributed by atoms with E-state index < -0.39 is 0 Å². The SMILES string of the molecule is COc1c2c(cc3c1C[C@H](c1ccc(O)c(CC=C(C)C)c1O)CO3)OC(C)(C)C=C2. The van der Waals surface area contributed by atoms with Crippen LogP contribution in [0.5, 0.6) is 28.7 Å². The summed E-state index contributed by atoms with van der Waals surface area (Å²) in [5.41, 5.74) is 3.93. The van der Waals surface area contributed by atoms with Crippen molar-refractivity contribution in [2.75, 3.05) is 13.7 Å². The zero-order valence-electron chi connectivity index (χ0n) is 18.8. The van der Waals surface area contributed by atoms with E-state index in [-0.39, 0.29) is 23.0 Å². The van der Waals surface area contributed by atoms with Gasteiger partial charge in [-0.05, 0) is 58.8 Å². The van der Waals surface area contributed by atoms with Gasteiger partial charge in [-0.1, -0.05) is 17.7 Å². The summed E-state index contributed by atoms with van der Waals surface area (Å²) in [5.74, 6) is 2.42. The minimum atomic E-state index is -0.386. The number of phenolic OH excluding ortho intramolecular Hbond substituents is 2. The molecule has 0 saturated carbocycles. The molecule has 5 heteroatoms. The van der Waals surface area contributed by atoms with Crippen molar-refractivity contribution >= 4 is 6.08 Å². The van der Waals surface area contributed by atoms with Crippen LogP contribution < -0.4 is 14.2 Å². The maximum atomic E-state index is 11.0. The Morgan fingerprint density at radius 1 is 1.23 bits per heavy atom. The molecular formula is C26H30O5. The van der Waals surface area contributed by atoms with Crippen molar-refractivity contribution in [1.29, 1.82) is 0 Å². The Morgan fingerprint density at radius 3 is 2.71 bits per heavy atom. The van der Waals surface area contributed by atoms with Crippen LogP contribution in [0.3, 0.4) is 0 Å². The van der Waals surface area contributed by atoms with E-state index in [1.165, 1.54) is 0 Å². The molecule has 0 fully saturated rings. The lowest BCUT2D eigenvalue weighted by atomic mass is 9.86. The number of phenols is 2. The van der Waals surface area contributed by atoms with Gasteiger partial charge in [-0.15, -0.1) is 0 Å². The van der Waals surface area contributed by atoms with E-state index in [0.717, 1.165) is 39.5 Å². The molecule has 1 atom stereocenters. The fraction of sp³-hybridized carbons (Fsp3) is 0.385. The van der Waals surface area contributed by atoms with E-state index in [0.29, 0.717) is 25.0 Å². The van der Waals surface area contributed by atoms with E-state index in [9.17, 15) is 10.2 Å². The van der Waals surface area contributed by atoms with Gasteiger partial charge in [-0.3, -0.25) is 0 Å². The third kappa shape index (κ3) is 3.97. The summed E-state index contributed by atoms with van der Waals surface area (Å²) in [6, 6.07) is 5.37. The van der Waals surface area contributed by atoms with E-state index in [1.54, 1.807) is 19.2 Å². The van der Waals surface area contributed by atoms with Crippen LogP contribution in [0.2, 0.25) is 0 Å². The molecule has 4 rings (SSSR count). The largest absolute Gasteiger partial charge is 0.508 e. The normalized spacial score (nSPS) is 18.3. The molecule has 0 radical (unpaired) electrons. The Bertz CT molecular complexity index is 1070. The topological polar surface area (TPSA) is 68.2 Å². The van der Waals surface area contributed by atoms with Crippen molar-refractivity contribution in [3.05, 3.63) is 58.2 Å². The highest BCUT2D eigenvalue weighted by Gasteiger charge is 2.32. The lowest BCUT2D eigenvalue weighted by Crippen LogP contribution is -2.28. The third-order valence-electron chi connectivity index (χ3n) is 5.91. The van der Waals surface area contributed by atoms with Gasteiger partial charge in [0, 0.05) is 28.7 Å². The Balaban J connectivity index is 1.72. The number of ether oxygens (including phenoxy) is 3. The molecular weight excluding hydrogens is 392 g/mol. The standard InChI is InChI=1S/C26H30O5/c1-15(2)6-7-18-21(27)9-8-17(24(18)28)16-12-20-22(30-14-16)13-23-19(25(20)29-5)10-11-26(3,4)31-23/h6,8-11,13,16,27-28H,7,12,14H2,1-5H3/t16-/m0/s1. The molecule has 31 heavy (non-hydrogen) atoms. The zero-order valence-corrected chi connectivity index (χ0v) is 18.8. The summed E-state index contributed by atoms with van der Waals surface area (Å²) in [5, 5.41) is 21.2. The molecule has 2 N–H and O–H groups in total. The van der Waals surface area contributed by atoms with Crippen LogP contribution in [0.25, 0.3) is 6.08 Å². The second-order valence-electron chi connectivity index (χ2n) is 9.04. The summed E-state index contributed by atoms with van der Waals surface area (Å²) in [6.07, 6.45) is 7.19. The average molecular weight is 423 g/mol. The predicted molar refractivity (Wildman–Crippen MR) is 122 cm³/mol. The van der Waals surface area contributed by atoms with Crippen molar-refractivity contribution in [2.24, 2.45) is 0 Å². The maximum absolute atomic E-state index is 11.0. The molecule has 0 bridgehead atoms. The first-order valence-corrected chi connectivity index (χ1v) is 10.6. The van der Waals surface area contributed by atoms with Crippen LogP contribution in [-0.2, 0) is 12.8 Å². The summed E-state index contributed by atoms with van der Waals surface area (Å²) < 4.78 is 18.0. The maximum Gasteiger partial charge on any atom is 0.136 e.